The third-order valence-corrected chi connectivity index (χ3v) is 7.56. The Labute approximate surface area is 250 Å². The molecule has 10 nitrogen and oxygen atoms in total. The molecule has 0 bridgehead atoms. The van der Waals surface area contributed by atoms with Gasteiger partial charge in [-0.1, -0.05) is 0 Å². The summed E-state index contributed by atoms with van der Waals surface area (Å²) < 4.78 is 12.4. The molecule has 0 unspecified atom stereocenters. The van der Waals surface area contributed by atoms with Crippen LogP contribution < -0.4 is 14.8 Å². The largest absolute Gasteiger partial charge is 0.494 e. The monoisotopic (exact) mass is 689 g/mol. The van der Waals surface area contributed by atoms with Crippen molar-refractivity contribution in [2.45, 2.75) is 13.5 Å². The van der Waals surface area contributed by atoms with Gasteiger partial charge in [0.2, 0.25) is 5.91 Å². The van der Waals surface area contributed by atoms with E-state index in [-0.39, 0.29) is 17.2 Å². The van der Waals surface area contributed by atoms with Gasteiger partial charge in [-0.15, -0.1) is 0 Å². The summed E-state index contributed by atoms with van der Waals surface area (Å²) in [6, 6.07) is 16.3. The zero-order chi connectivity index (χ0) is 28.8. The van der Waals surface area contributed by atoms with Crippen LogP contribution in [0.4, 0.5) is 16.2 Å². The number of nitro groups is 1. The average Bonchev–Trinajstić information content (AvgIpc) is 3.17. The van der Waals surface area contributed by atoms with Crippen LogP contribution in [0.3, 0.4) is 0 Å². The summed E-state index contributed by atoms with van der Waals surface area (Å²) in [4.78, 5) is 49.4. The van der Waals surface area contributed by atoms with E-state index in [1.165, 1.54) is 12.1 Å². The molecule has 1 heterocycles. The highest BCUT2D eigenvalue weighted by atomic mass is 79.9. The maximum Gasteiger partial charge on any atom is 0.294 e. The number of benzene rings is 3. The second-order valence-electron chi connectivity index (χ2n) is 8.30. The third-order valence-electron chi connectivity index (χ3n) is 5.47. The molecule has 206 valence electrons. The number of imide groups is 1. The Morgan fingerprint density at radius 1 is 1.05 bits per heavy atom. The first-order valence-corrected chi connectivity index (χ1v) is 14.2. The fraction of sp³-hybridized carbons (Fsp3) is 0.148. The predicted molar refractivity (Wildman–Crippen MR) is 158 cm³/mol. The maximum atomic E-state index is 12.9. The summed E-state index contributed by atoms with van der Waals surface area (Å²) in [5.41, 5.74) is 1.87. The van der Waals surface area contributed by atoms with Gasteiger partial charge < -0.3 is 14.8 Å². The van der Waals surface area contributed by atoms with Gasteiger partial charge in [0.05, 0.1) is 25.4 Å². The second kappa shape index (κ2) is 13.1. The van der Waals surface area contributed by atoms with E-state index in [1.807, 2.05) is 6.92 Å². The standard InChI is InChI=1S/C27H21Br2N3O7S/c1-2-38-20-9-5-18(6-10-20)30-24(33)14-31-26(34)23(40-27(31)35)13-17-11-21(28)25(22(29)12-17)39-15-16-3-7-19(8-4-16)32(36)37/h3-13H,2,14-15H2,1H3,(H,30,33)/b23-13+. The normalized spacial score (nSPS) is 14.0. The van der Waals surface area contributed by atoms with Crippen LogP contribution in [0.15, 0.2) is 74.5 Å². The molecule has 0 radical (unpaired) electrons. The van der Waals surface area contributed by atoms with Crippen LogP contribution >= 0.6 is 43.6 Å². The number of nitro benzene ring substituents is 1. The van der Waals surface area contributed by atoms with Crippen LogP contribution in [-0.4, -0.2) is 40.0 Å². The topological polar surface area (TPSA) is 128 Å². The van der Waals surface area contributed by atoms with Crippen molar-refractivity contribution in [2.24, 2.45) is 0 Å². The van der Waals surface area contributed by atoms with Crippen LogP contribution in [0, 0.1) is 10.1 Å². The van der Waals surface area contributed by atoms with E-state index in [0.29, 0.717) is 38.3 Å². The van der Waals surface area contributed by atoms with Gasteiger partial charge in [0.1, 0.15) is 24.7 Å². The molecule has 1 saturated heterocycles. The Balaban J connectivity index is 1.39. The lowest BCUT2D eigenvalue weighted by atomic mass is 10.2. The van der Waals surface area contributed by atoms with Crippen molar-refractivity contribution in [3.05, 3.63) is 95.8 Å². The fourth-order valence-corrected chi connectivity index (χ4v) is 5.89. The van der Waals surface area contributed by atoms with Gasteiger partial charge in [-0.2, -0.15) is 0 Å². The van der Waals surface area contributed by atoms with E-state index >= 15 is 0 Å². The fourth-order valence-electron chi connectivity index (χ4n) is 3.60. The van der Waals surface area contributed by atoms with Gasteiger partial charge in [-0.3, -0.25) is 29.4 Å². The molecule has 0 aliphatic carbocycles. The molecular weight excluding hydrogens is 670 g/mol. The number of carbonyl (C=O) groups is 3. The molecule has 1 aliphatic heterocycles. The van der Waals surface area contributed by atoms with Gasteiger partial charge in [0.25, 0.3) is 16.8 Å². The molecule has 13 heteroatoms. The van der Waals surface area contributed by atoms with Crippen LogP contribution in [0.2, 0.25) is 0 Å². The highest BCUT2D eigenvalue weighted by molar-refractivity contribution is 9.11. The summed E-state index contributed by atoms with van der Waals surface area (Å²) in [5, 5.41) is 13.0. The highest BCUT2D eigenvalue weighted by Crippen LogP contribution is 2.38. The van der Waals surface area contributed by atoms with Crippen molar-refractivity contribution < 1.29 is 28.8 Å². The van der Waals surface area contributed by atoms with Gasteiger partial charge >= 0.3 is 0 Å². The SMILES string of the molecule is CCOc1ccc(NC(=O)CN2C(=O)S/C(=C/c3cc(Br)c(OCc4ccc([N+](=O)[O-])cc4)c(Br)c3)C2=O)cc1. The van der Waals surface area contributed by atoms with Crippen LogP contribution in [0.1, 0.15) is 18.1 Å². The zero-order valence-corrected chi connectivity index (χ0v) is 24.9. The molecule has 3 aromatic carbocycles. The number of ether oxygens (including phenoxy) is 2. The number of amides is 3. The first-order valence-electron chi connectivity index (χ1n) is 11.8. The van der Waals surface area contributed by atoms with Crippen molar-refractivity contribution >= 4 is 78.1 Å². The van der Waals surface area contributed by atoms with Crippen molar-refractivity contribution in [3.63, 3.8) is 0 Å². The molecule has 1 N–H and O–H groups in total. The molecule has 40 heavy (non-hydrogen) atoms. The van der Waals surface area contributed by atoms with Crippen LogP contribution in [0.5, 0.6) is 11.5 Å². The summed E-state index contributed by atoms with van der Waals surface area (Å²) in [6.45, 7) is 2.15. The van der Waals surface area contributed by atoms with E-state index in [1.54, 1.807) is 54.6 Å². The van der Waals surface area contributed by atoms with E-state index in [2.05, 4.69) is 37.2 Å². The van der Waals surface area contributed by atoms with Crippen molar-refractivity contribution in [2.75, 3.05) is 18.5 Å². The third kappa shape index (κ3) is 7.29. The van der Waals surface area contributed by atoms with E-state index in [0.717, 1.165) is 22.2 Å². The highest BCUT2D eigenvalue weighted by Gasteiger charge is 2.36. The number of anilines is 1. The Morgan fingerprint density at radius 3 is 2.30 bits per heavy atom. The van der Waals surface area contributed by atoms with E-state index in [4.69, 9.17) is 9.47 Å². The summed E-state index contributed by atoms with van der Waals surface area (Å²) in [5.74, 6) is 0.0869. The minimum atomic E-state index is -0.567. The number of nitrogens with one attached hydrogen (secondary N) is 1. The van der Waals surface area contributed by atoms with Crippen LogP contribution in [0.25, 0.3) is 6.08 Å². The molecule has 0 aromatic heterocycles. The van der Waals surface area contributed by atoms with E-state index in [9.17, 15) is 24.5 Å². The van der Waals surface area contributed by atoms with Crippen molar-refractivity contribution in [1.29, 1.82) is 0 Å². The van der Waals surface area contributed by atoms with Gasteiger partial charge in [0, 0.05) is 17.8 Å². The lowest BCUT2D eigenvalue weighted by Gasteiger charge is -2.13. The number of carbonyl (C=O) groups excluding carboxylic acids is 3. The number of rotatable bonds is 10. The molecule has 0 atom stereocenters. The first kappa shape index (κ1) is 29.3. The quantitative estimate of drug-likeness (QED) is 0.140. The number of hydrogen-bond donors (Lipinski definition) is 1. The Bertz CT molecular complexity index is 1470. The van der Waals surface area contributed by atoms with Crippen molar-refractivity contribution in [3.8, 4) is 11.5 Å². The number of thioether (sulfide) groups is 1. The molecule has 3 amide bonds. The lowest BCUT2D eigenvalue weighted by molar-refractivity contribution is -0.384. The number of nitrogens with zero attached hydrogens (tertiary/aromatic N) is 2. The van der Waals surface area contributed by atoms with Crippen LogP contribution in [-0.2, 0) is 16.2 Å². The minimum Gasteiger partial charge on any atom is -0.494 e. The molecule has 0 saturated carbocycles. The predicted octanol–water partition coefficient (Wildman–Crippen LogP) is 6.77. The van der Waals surface area contributed by atoms with Gasteiger partial charge in [0.15, 0.2) is 0 Å². The molecular formula is C27H21Br2N3O7S. The summed E-state index contributed by atoms with van der Waals surface area (Å²) in [6.07, 6.45) is 1.56. The summed E-state index contributed by atoms with van der Waals surface area (Å²) in [7, 11) is 0. The number of halogens is 2. The lowest BCUT2D eigenvalue weighted by Crippen LogP contribution is -2.36. The second-order valence-corrected chi connectivity index (χ2v) is 11.0. The minimum absolute atomic E-state index is 0.00635. The molecule has 0 spiro atoms. The van der Waals surface area contributed by atoms with E-state index < -0.39 is 28.5 Å². The summed E-state index contributed by atoms with van der Waals surface area (Å²) >= 11 is 7.68. The van der Waals surface area contributed by atoms with Gasteiger partial charge in [-0.25, -0.2) is 0 Å². The molecule has 1 fully saturated rings. The average molecular weight is 691 g/mol. The number of hydrogen-bond acceptors (Lipinski definition) is 8. The maximum absolute atomic E-state index is 12.9. The van der Waals surface area contributed by atoms with Gasteiger partial charge in [-0.05, 0) is 116 Å². The number of non-ortho nitro benzene ring substituents is 1. The zero-order valence-electron chi connectivity index (χ0n) is 20.9. The molecule has 3 aromatic rings. The smallest absolute Gasteiger partial charge is 0.294 e. The van der Waals surface area contributed by atoms with Crippen molar-refractivity contribution in [1.82, 2.24) is 4.90 Å². The molecule has 4 rings (SSSR count). The molecule has 1 aliphatic rings. The first-order chi connectivity index (χ1) is 19.1. The Kier molecular flexibility index (Phi) is 9.61. The Morgan fingerprint density at radius 2 is 1.70 bits per heavy atom. The Hall–Kier alpha value is -3.68.